The summed E-state index contributed by atoms with van der Waals surface area (Å²) < 4.78 is 5.34. The number of rotatable bonds is 7. The molecule has 1 aliphatic rings. The van der Waals surface area contributed by atoms with Crippen LogP contribution in [0.25, 0.3) is 0 Å². The van der Waals surface area contributed by atoms with Crippen LogP contribution in [-0.2, 0) is 17.6 Å². The van der Waals surface area contributed by atoms with E-state index in [4.69, 9.17) is 4.74 Å². The number of ether oxygens (including phenoxy) is 1. The molecular formula is C16H23N7O2S. The second-order valence-corrected chi connectivity index (χ2v) is 7.17. The fourth-order valence-electron chi connectivity index (χ4n) is 2.64. The summed E-state index contributed by atoms with van der Waals surface area (Å²) in [6.07, 6.45) is 6.40. The van der Waals surface area contributed by atoms with E-state index in [9.17, 15) is 4.79 Å². The third-order valence-electron chi connectivity index (χ3n) is 3.94. The van der Waals surface area contributed by atoms with Gasteiger partial charge in [0.15, 0.2) is 0 Å². The van der Waals surface area contributed by atoms with Crippen LogP contribution in [0.5, 0.6) is 0 Å². The normalized spacial score (nSPS) is 16.2. The Morgan fingerprint density at radius 3 is 2.96 bits per heavy atom. The Balaban J connectivity index is 1.40. The van der Waals surface area contributed by atoms with Gasteiger partial charge in [0.2, 0.25) is 5.13 Å². The van der Waals surface area contributed by atoms with Crippen LogP contribution < -0.4 is 10.6 Å². The quantitative estimate of drug-likeness (QED) is 0.740. The highest BCUT2D eigenvalue weighted by atomic mass is 32.1. The van der Waals surface area contributed by atoms with E-state index >= 15 is 0 Å². The summed E-state index contributed by atoms with van der Waals surface area (Å²) in [5.41, 5.74) is 0.835. The van der Waals surface area contributed by atoms with Gasteiger partial charge in [-0.1, -0.05) is 11.3 Å². The molecule has 1 fully saturated rings. The van der Waals surface area contributed by atoms with Gasteiger partial charge in [-0.25, -0.2) is 4.79 Å². The number of aromatic nitrogens is 4. The maximum Gasteiger partial charge on any atom is 0.321 e. The monoisotopic (exact) mass is 377 g/mol. The van der Waals surface area contributed by atoms with Crippen LogP contribution in [0.15, 0.2) is 18.6 Å². The van der Waals surface area contributed by atoms with Crippen molar-refractivity contribution in [3.05, 3.63) is 29.3 Å². The van der Waals surface area contributed by atoms with E-state index in [1.165, 1.54) is 11.3 Å². The predicted molar refractivity (Wildman–Crippen MR) is 98.2 cm³/mol. The lowest BCUT2D eigenvalue weighted by atomic mass is 10.2. The third-order valence-corrected chi connectivity index (χ3v) is 4.84. The number of urea groups is 1. The average molecular weight is 377 g/mol. The minimum Gasteiger partial charge on any atom is -0.379 e. The molecule has 2 amide bonds. The SMILES string of the molecule is C[C@@H](Cc1cnccn1)NC(=O)Nc1nnc(CCN2CCOCC2)s1. The van der Waals surface area contributed by atoms with E-state index in [0.717, 1.165) is 50.0 Å². The van der Waals surface area contributed by atoms with Gasteiger partial charge >= 0.3 is 6.03 Å². The van der Waals surface area contributed by atoms with Gasteiger partial charge in [0.25, 0.3) is 0 Å². The van der Waals surface area contributed by atoms with Gasteiger partial charge in [-0.3, -0.25) is 20.2 Å². The molecule has 0 aliphatic carbocycles. The van der Waals surface area contributed by atoms with Crippen LogP contribution in [0.4, 0.5) is 9.93 Å². The number of hydrogen-bond acceptors (Lipinski definition) is 8. The van der Waals surface area contributed by atoms with Crippen LogP contribution in [0.3, 0.4) is 0 Å². The molecule has 140 valence electrons. The second-order valence-electron chi connectivity index (χ2n) is 6.11. The summed E-state index contributed by atoms with van der Waals surface area (Å²) in [6.45, 7) is 6.33. The molecule has 2 aromatic heterocycles. The largest absolute Gasteiger partial charge is 0.379 e. The lowest BCUT2D eigenvalue weighted by molar-refractivity contribution is 0.0384. The topological polar surface area (TPSA) is 105 Å². The van der Waals surface area contributed by atoms with Crippen LogP contribution in [0.2, 0.25) is 0 Å². The van der Waals surface area contributed by atoms with Gasteiger partial charge in [-0.05, 0) is 6.92 Å². The molecule has 3 heterocycles. The number of carbonyl (C=O) groups is 1. The third kappa shape index (κ3) is 5.97. The van der Waals surface area contributed by atoms with Crippen molar-refractivity contribution in [3.8, 4) is 0 Å². The van der Waals surface area contributed by atoms with Crippen LogP contribution in [0, 0.1) is 0 Å². The molecule has 0 aromatic carbocycles. The smallest absolute Gasteiger partial charge is 0.321 e. The van der Waals surface area contributed by atoms with Crippen molar-refractivity contribution in [1.82, 2.24) is 30.4 Å². The van der Waals surface area contributed by atoms with E-state index in [1.807, 2.05) is 6.92 Å². The molecular weight excluding hydrogens is 354 g/mol. The summed E-state index contributed by atoms with van der Waals surface area (Å²) >= 11 is 1.41. The van der Waals surface area contributed by atoms with Crippen LogP contribution in [0.1, 0.15) is 17.6 Å². The second kappa shape index (κ2) is 9.51. The summed E-state index contributed by atoms with van der Waals surface area (Å²) in [4.78, 5) is 22.7. The lowest BCUT2D eigenvalue weighted by Crippen LogP contribution is -2.37. The van der Waals surface area contributed by atoms with Gasteiger partial charge in [0.05, 0.1) is 18.9 Å². The van der Waals surface area contributed by atoms with Crippen molar-refractivity contribution in [2.45, 2.75) is 25.8 Å². The molecule has 0 bridgehead atoms. The first kappa shape index (κ1) is 18.6. The van der Waals surface area contributed by atoms with E-state index < -0.39 is 0 Å². The minimum atomic E-state index is -0.294. The Morgan fingerprint density at radius 1 is 1.35 bits per heavy atom. The number of nitrogens with one attached hydrogen (secondary N) is 2. The highest BCUT2D eigenvalue weighted by molar-refractivity contribution is 7.15. The minimum absolute atomic E-state index is 0.0691. The average Bonchev–Trinajstić information content (AvgIpc) is 3.08. The molecule has 0 spiro atoms. The Labute approximate surface area is 156 Å². The van der Waals surface area contributed by atoms with E-state index in [2.05, 4.69) is 35.7 Å². The summed E-state index contributed by atoms with van der Waals surface area (Å²) in [7, 11) is 0. The van der Waals surface area contributed by atoms with Gasteiger partial charge in [-0.2, -0.15) is 0 Å². The fraction of sp³-hybridized carbons (Fsp3) is 0.562. The van der Waals surface area contributed by atoms with Crippen molar-refractivity contribution < 1.29 is 9.53 Å². The zero-order valence-corrected chi connectivity index (χ0v) is 15.5. The van der Waals surface area contributed by atoms with E-state index in [1.54, 1.807) is 18.6 Å². The number of morpholine rings is 1. The first-order chi connectivity index (χ1) is 12.7. The first-order valence-corrected chi connectivity index (χ1v) is 9.45. The zero-order valence-electron chi connectivity index (χ0n) is 14.7. The van der Waals surface area contributed by atoms with E-state index in [-0.39, 0.29) is 12.1 Å². The maximum atomic E-state index is 12.1. The fourth-order valence-corrected chi connectivity index (χ4v) is 3.36. The number of amides is 2. The van der Waals surface area contributed by atoms with Gasteiger partial charge in [0.1, 0.15) is 5.01 Å². The van der Waals surface area contributed by atoms with Gasteiger partial charge in [-0.15, -0.1) is 10.2 Å². The van der Waals surface area contributed by atoms with Crippen molar-refractivity contribution in [2.24, 2.45) is 0 Å². The number of carbonyl (C=O) groups excluding carboxylic acids is 1. The highest BCUT2D eigenvalue weighted by Gasteiger charge is 2.14. The van der Waals surface area contributed by atoms with Crippen molar-refractivity contribution >= 4 is 22.5 Å². The van der Waals surface area contributed by atoms with Gasteiger partial charge < -0.3 is 10.1 Å². The summed E-state index contributed by atoms with van der Waals surface area (Å²) in [6, 6.07) is -0.363. The van der Waals surface area contributed by atoms with Gasteiger partial charge in [0, 0.05) is 57.1 Å². The predicted octanol–water partition coefficient (Wildman–Crippen LogP) is 0.955. The molecule has 3 rings (SSSR count). The van der Waals surface area contributed by atoms with Crippen molar-refractivity contribution in [1.29, 1.82) is 0 Å². The zero-order chi connectivity index (χ0) is 18.2. The molecule has 0 radical (unpaired) electrons. The highest BCUT2D eigenvalue weighted by Crippen LogP contribution is 2.16. The molecule has 1 atom stereocenters. The summed E-state index contributed by atoms with van der Waals surface area (Å²) in [5.74, 6) is 0. The van der Waals surface area contributed by atoms with E-state index in [0.29, 0.717) is 11.6 Å². The first-order valence-electron chi connectivity index (χ1n) is 8.64. The molecule has 26 heavy (non-hydrogen) atoms. The molecule has 0 unspecified atom stereocenters. The Kier molecular flexibility index (Phi) is 6.81. The molecule has 0 saturated carbocycles. The van der Waals surface area contributed by atoms with Crippen LogP contribution in [-0.4, -0.2) is 70.0 Å². The molecule has 2 N–H and O–H groups in total. The van der Waals surface area contributed by atoms with Crippen LogP contribution >= 0.6 is 11.3 Å². The Hall–Kier alpha value is -2.17. The molecule has 1 aliphatic heterocycles. The Morgan fingerprint density at radius 2 is 2.19 bits per heavy atom. The summed E-state index contributed by atoms with van der Waals surface area (Å²) in [5, 5.41) is 15.2. The molecule has 2 aromatic rings. The number of nitrogens with zero attached hydrogens (tertiary/aromatic N) is 5. The standard InChI is InChI=1S/C16H23N7O2S/c1-12(10-13-11-17-3-4-18-13)19-15(24)20-16-22-21-14(26-16)2-5-23-6-8-25-9-7-23/h3-4,11-12H,2,5-10H2,1H3,(H2,19,20,22,24)/t12-/m0/s1. The molecule has 1 saturated heterocycles. The molecule has 9 nitrogen and oxygen atoms in total. The maximum absolute atomic E-state index is 12.1. The number of anilines is 1. The lowest BCUT2D eigenvalue weighted by Gasteiger charge is -2.25. The van der Waals surface area contributed by atoms with Crippen molar-refractivity contribution in [2.75, 3.05) is 38.2 Å². The Bertz CT molecular complexity index is 691. The molecule has 10 heteroatoms. The van der Waals surface area contributed by atoms with Crippen molar-refractivity contribution in [3.63, 3.8) is 0 Å². The number of hydrogen-bond donors (Lipinski definition) is 2.